The maximum atomic E-state index is 11.2. The summed E-state index contributed by atoms with van der Waals surface area (Å²) in [6, 6.07) is 19.2. The molecule has 0 radical (unpaired) electrons. The zero-order valence-electron chi connectivity index (χ0n) is 17.9. The highest BCUT2D eigenvalue weighted by Crippen LogP contribution is 2.43. The molecule has 35 heavy (non-hydrogen) atoms. The fourth-order valence-electron chi connectivity index (χ4n) is 3.30. The molecule has 0 bridgehead atoms. The van der Waals surface area contributed by atoms with E-state index in [1.165, 1.54) is 0 Å². The minimum atomic E-state index is -0.966. The molecule has 0 saturated carbocycles. The first kappa shape index (κ1) is 23.1. The second kappa shape index (κ2) is 9.80. The topological polar surface area (TPSA) is 173 Å². The molecule has 12 heteroatoms. The van der Waals surface area contributed by atoms with Crippen molar-refractivity contribution < 1.29 is 24.9 Å². The van der Waals surface area contributed by atoms with E-state index >= 15 is 0 Å². The van der Waals surface area contributed by atoms with E-state index < -0.39 is 32.7 Å². The molecule has 0 spiro atoms. The summed E-state index contributed by atoms with van der Waals surface area (Å²) in [4.78, 5) is 26.0. The molecule has 4 aromatic carbocycles. The monoisotopic (exact) mass is 475 g/mol. The van der Waals surface area contributed by atoms with Crippen LogP contribution in [0.5, 0.6) is 11.5 Å². The Morgan fingerprint density at radius 3 is 2.29 bits per heavy atom. The number of phenolic OH excluding ortho intramolecular Hbond substituents is 2. The number of hydrogen-bond acceptors (Lipinski definition) is 10. The molecule has 0 heterocycles. The van der Waals surface area contributed by atoms with Crippen LogP contribution in [0.2, 0.25) is 0 Å². The second-order valence-corrected chi connectivity index (χ2v) is 7.26. The Morgan fingerprint density at radius 1 is 0.857 bits per heavy atom. The van der Waals surface area contributed by atoms with Crippen LogP contribution in [-0.4, -0.2) is 20.1 Å². The molecule has 0 atom stereocenters. The van der Waals surface area contributed by atoms with Crippen LogP contribution in [0.25, 0.3) is 10.8 Å². The number of non-ortho nitro benzene ring substituents is 1. The van der Waals surface area contributed by atoms with Crippen LogP contribution >= 0.6 is 0 Å². The summed E-state index contributed by atoms with van der Waals surface area (Å²) < 4.78 is 0. The van der Waals surface area contributed by atoms with E-state index in [4.69, 9.17) is 4.84 Å². The number of azo groups is 1. The van der Waals surface area contributed by atoms with Crippen LogP contribution in [0.3, 0.4) is 0 Å². The van der Waals surface area contributed by atoms with Gasteiger partial charge < -0.3 is 10.2 Å². The SMILES string of the molecule is O=[N+]([O-])c1cc(N=Nc2c(O)c(CONc3ccccc3)cc3ccccc23)c(O)c([N+](=O)[O-])c1. The summed E-state index contributed by atoms with van der Waals surface area (Å²) in [5, 5.41) is 52.4. The molecule has 0 unspecified atom stereocenters. The molecule has 0 aliphatic carbocycles. The standard InChI is InChI=1S/C23H17N5O7/c29-22-15(13-35-26-16-7-2-1-3-8-16)10-14-6-4-5-9-18(14)21(22)25-24-19-11-17(27(31)32)12-20(23(19)30)28(33)34/h1-12,26,29-30H,13H2. The van der Waals surface area contributed by atoms with Gasteiger partial charge in [0, 0.05) is 17.0 Å². The number of aromatic hydroxyl groups is 2. The zero-order chi connectivity index (χ0) is 24.9. The largest absolute Gasteiger partial charge is 0.505 e. The first-order chi connectivity index (χ1) is 16.8. The summed E-state index contributed by atoms with van der Waals surface area (Å²) in [6.07, 6.45) is 0. The smallest absolute Gasteiger partial charge is 0.319 e. The van der Waals surface area contributed by atoms with Gasteiger partial charge in [-0.1, -0.05) is 42.5 Å². The van der Waals surface area contributed by atoms with Gasteiger partial charge in [0.1, 0.15) is 23.7 Å². The Bertz CT molecular complexity index is 1460. The molecule has 3 N–H and O–H groups in total. The number of nitrogens with one attached hydrogen (secondary N) is 1. The fraction of sp³-hybridized carbons (Fsp3) is 0.0435. The molecule has 0 fully saturated rings. The van der Waals surface area contributed by atoms with Gasteiger partial charge in [0.15, 0.2) is 0 Å². The van der Waals surface area contributed by atoms with E-state index in [1.807, 2.05) is 18.2 Å². The van der Waals surface area contributed by atoms with Crippen molar-refractivity contribution in [2.45, 2.75) is 6.61 Å². The Morgan fingerprint density at radius 2 is 1.57 bits per heavy atom. The first-order valence-corrected chi connectivity index (χ1v) is 10.1. The van der Waals surface area contributed by atoms with Gasteiger partial charge in [0.2, 0.25) is 5.75 Å². The van der Waals surface area contributed by atoms with Crippen molar-refractivity contribution >= 4 is 39.2 Å². The number of nitro benzene ring substituents is 2. The zero-order valence-corrected chi connectivity index (χ0v) is 17.9. The van der Waals surface area contributed by atoms with Gasteiger partial charge >= 0.3 is 5.69 Å². The molecular formula is C23H17N5O7. The predicted molar refractivity (Wildman–Crippen MR) is 126 cm³/mol. The molecule has 0 saturated heterocycles. The first-order valence-electron chi connectivity index (χ1n) is 10.1. The molecule has 4 aromatic rings. The number of hydrogen-bond donors (Lipinski definition) is 3. The minimum absolute atomic E-state index is 0.00466. The van der Waals surface area contributed by atoms with Gasteiger partial charge in [-0.3, -0.25) is 30.5 Å². The van der Waals surface area contributed by atoms with E-state index in [9.17, 15) is 30.4 Å². The summed E-state index contributed by atoms with van der Waals surface area (Å²) in [5.74, 6) is -1.17. The molecular weight excluding hydrogens is 458 g/mol. The maximum absolute atomic E-state index is 11.2. The van der Waals surface area contributed by atoms with Gasteiger partial charge in [-0.05, 0) is 23.6 Å². The van der Waals surface area contributed by atoms with Gasteiger partial charge in [-0.15, -0.1) is 10.2 Å². The highest BCUT2D eigenvalue weighted by atomic mass is 16.6. The Labute approximate surface area is 197 Å². The third-order valence-corrected chi connectivity index (χ3v) is 4.99. The second-order valence-electron chi connectivity index (χ2n) is 7.26. The Balaban J connectivity index is 1.73. The van der Waals surface area contributed by atoms with Crippen LogP contribution in [0.1, 0.15) is 5.56 Å². The van der Waals surface area contributed by atoms with Crippen LogP contribution < -0.4 is 5.48 Å². The van der Waals surface area contributed by atoms with Crippen LogP contribution in [0.4, 0.5) is 28.4 Å². The molecule has 0 aromatic heterocycles. The number of nitro groups is 2. The number of nitrogens with zero attached hydrogens (tertiary/aromatic N) is 4. The number of para-hydroxylation sites is 1. The quantitative estimate of drug-likeness (QED) is 0.157. The maximum Gasteiger partial charge on any atom is 0.319 e. The van der Waals surface area contributed by atoms with Gasteiger partial charge in [-0.25, -0.2) is 0 Å². The van der Waals surface area contributed by atoms with Crippen LogP contribution in [0.15, 0.2) is 83.0 Å². The number of rotatable bonds is 8. The van der Waals surface area contributed by atoms with E-state index in [-0.39, 0.29) is 18.0 Å². The van der Waals surface area contributed by atoms with Crippen LogP contribution in [0, 0.1) is 20.2 Å². The number of fused-ring (bicyclic) bond motifs is 1. The number of benzene rings is 4. The Kier molecular flexibility index (Phi) is 6.46. The lowest BCUT2D eigenvalue weighted by atomic mass is 10.0. The van der Waals surface area contributed by atoms with Crippen molar-refractivity contribution in [2.75, 3.05) is 5.48 Å². The lowest BCUT2D eigenvalue weighted by molar-refractivity contribution is -0.394. The van der Waals surface area contributed by atoms with E-state index in [0.717, 1.165) is 6.07 Å². The van der Waals surface area contributed by atoms with E-state index in [1.54, 1.807) is 42.5 Å². The average molecular weight is 475 g/mol. The van der Waals surface area contributed by atoms with E-state index in [0.29, 0.717) is 28.1 Å². The third kappa shape index (κ3) is 4.96. The van der Waals surface area contributed by atoms with Gasteiger partial charge in [-0.2, -0.15) is 0 Å². The molecule has 12 nitrogen and oxygen atoms in total. The summed E-state index contributed by atoms with van der Waals surface area (Å²) in [6.45, 7) is -0.0540. The average Bonchev–Trinajstić information content (AvgIpc) is 2.85. The van der Waals surface area contributed by atoms with Crippen molar-refractivity contribution in [3.8, 4) is 11.5 Å². The molecule has 0 amide bonds. The highest BCUT2D eigenvalue weighted by molar-refractivity contribution is 5.96. The molecule has 4 rings (SSSR count). The molecule has 0 aliphatic rings. The number of anilines is 1. The molecule has 0 aliphatic heterocycles. The summed E-state index contributed by atoms with van der Waals surface area (Å²) in [5.41, 5.74) is 1.78. The number of phenols is 2. The Hall–Kier alpha value is -5.10. The van der Waals surface area contributed by atoms with E-state index in [2.05, 4.69) is 15.7 Å². The van der Waals surface area contributed by atoms with Crippen molar-refractivity contribution in [1.82, 2.24) is 0 Å². The minimum Gasteiger partial charge on any atom is -0.505 e. The lowest BCUT2D eigenvalue weighted by Crippen LogP contribution is -2.01. The summed E-state index contributed by atoms with van der Waals surface area (Å²) in [7, 11) is 0. The van der Waals surface area contributed by atoms with Crippen molar-refractivity contribution in [2.24, 2.45) is 10.2 Å². The predicted octanol–water partition coefficient (Wildman–Crippen LogP) is 6.03. The lowest BCUT2D eigenvalue weighted by Gasteiger charge is -2.12. The van der Waals surface area contributed by atoms with Crippen LogP contribution in [-0.2, 0) is 11.4 Å². The van der Waals surface area contributed by atoms with Crippen molar-refractivity contribution in [3.63, 3.8) is 0 Å². The summed E-state index contributed by atoms with van der Waals surface area (Å²) >= 11 is 0. The van der Waals surface area contributed by atoms with Crippen molar-refractivity contribution in [3.05, 3.63) is 98.6 Å². The highest BCUT2D eigenvalue weighted by Gasteiger charge is 2.24. The van der Waals surface area contributed by atoms with Gasteiger partial charge in [0.05, 0.1) is 21.6 Å². The van der Waals surface area contributed by atoms with Crippen molar-refractivity contribution in [1.29, 1.82) is 0 Å². The normalized spacial score (nSPS) is 11.1. The third-order valence-electron chi connectivity index (χ3n) is 4.99. The fourth-order valence-corrected chi connectivity index (χ4v) is 3.30. The molecule has 176 valence electrons. The van der Waals surface area contributed by atoms with Gasteiger partial charge in [0.25, 0.3) is 5.69 Å².